The summed E-state index contributed by atoms with van der Waals surface area (Å²) in [5.41, 5.74) is 0. The van der Waals surface area contributed by atoms with Crippen LogP contribution in [-0.4, -0.2) is 28.4 Å². The van der Waals surface area contributed by atoms with Gasteiger partial charge in [0.25, 0.3) is 0 Å². The third kappa shape index (κ3) is 4.54. The van der Waals surface area contributed by atoms with Crippen LogP contribution in [0, 0.1) is 11.8 Å². The van der Waals surface area contributed by atoms with Crippen molar-refractivity contribution >= 4 is 50.5 Å². The van der Waals surface area contributed by atoms with Gasteiger partial charge in [0.05, 0.1) is 6.10 Å². The van der Waals surface area contributed by atoms with E-state index in [0.717, 1.165) is 0 Å². The van der Waals surface area contributed by atoms with Crippen LogP contribution < -0.4 is 0 Å². The van der Waals surface area contributed by atoms with E-state index < -0.39 is 27.6 Å². The molecule has 1 aliphatic carbocycles. The van der Waals surface area contributed by atoms with Gasteiger partial charge in [-0.2, -0.15) is 0 Å². The molecule has 3 atom stereocenters. The van der Waals surface area contributed by atoms with Gasteiger partial charge >= 0.3 is 0 Å². The van der Waals surface area contributed by atoms with Gasteiger partial charge in [-0.05, 0) is 54.1 Å². The van der Waals surface area contributed by atoms with Crippen LogP contribution in [0.5, 0.6) is 0 Å². The van der Waals surface area contributed by atoms with Crippen LogP contribution in [-0.2, 0) is 19.1 Å². The maximum atomic E-state index is 11.2. The van der Waals surface area contributed by atoms with Crippen LogP contribution in [0.2, 0.25) is 0 Å². The van der Waals surface area contributed by atoms with Gasteiger partial charge in [-0.3, -0.25) is 14.4 Å². The van der Waals surface area contributed by atoms with Crippen molar-refractivity contribution in [2.75, 3.05) is 6.61 Å². The Labute approximate surface area is 114 Å². The lowest BCUT2D eigenvalue weighted by Crippen LogP contribution is -2.36. The van der Waals surface area contributed by atoms with E-state index in [1.165, 1.54) is 0 Å². The molecule has 1 fully saturated rings. The van der Waals surface area contributed by atoms with Gasteiger partial charge in [0.15, 0.2) is 0 Å². The highest BCUT2D eigenvalue weighted by Gasteiger charge is 2.38. The number of rotatable bonds is 5. The summed E-state index contributed by atoms with van der Waals surface area (Å²) in [5, 5.41) is -1.76. The molecule has 3 unspecified atom stereocenters. The molecule has 0 aliphatic heterocycles. The molecule has 4 nitrogen and oxygen atoms in total. The maximum absolute atomic E-state index is 11.2. The van der Waals surface area contributed by atoms with Gasteiger partial charge in [0.2, 0.25) is 15.7 Å². The Bertz CT molecular complexity index is 332. The fourth-order valence-corrected chi connectivity index (χ4v) is 2.55. The van der Waals surface area contributed by atoms with Crippen LogP contribution in [0.15, 0.2) is 0 Å². The number of carbonyl (C=O) groups excluding carboxylic acids is 3. The van der Waals surface area contributed by atoms with Crippen molar-refractivity contribution in [2.45, 2.75) is 25.4 Å². The van der Waals surface area contributed by atoms with Gasteiger partial charge in [0.1, 0.15) is 6.61 Å². The number of halogens is 3. The molecule has 0 radical (unpaired) electrons. The predicted octanol–water partition coefficient (Wildman–Crippen LogP) is 2.08. The average molecular weight is 302 g/mol. The van der Waals surface area contributed by atoms with E-state index in [2.05, 4.69) is 0 Å². The zero-order valence-corrected chi connectivity index (χ0v) is 11.1. The lowest BCUT2D eigenvalue weighted by atomic mass is 9.79. The minimum Gasteiger partial charge on any atom is -0.369 e. The van der Waals surface area contributed by atoms with E-state index in [0.29, 0.717) is 12.8 Å². The Morgan fingerprint density at radius 1 is 1.00 bits per heavy atom. The summed E-state index contributed by atoms with van der Waals surface area (Å²) in [6.45, 7) is -0.213. The summed E-state index contributed by atoms with van der Waals surface area (Å²) in [4.78, 5) is 32.9. The minimum absolute atomic E-state index is 0.213. The SMILES string of the molecule is O=C(Cl)COC1CCC(C(=O)Cl)C(C(=O)Cl)C1. The first kappa shape index (κ1) is 14.9. The molecule has 0 N–H and O–H groups in total. The molecule has 0 amide bonds. The van der Waals surface area contributed by atoms with Crippen LogP contribution in [0.25, 0.3) is 0 Å². The summed E-state index contributed by atoms with van der Waals surface area (Å²) in [6, 6.07) is 0. The van der Waals surface area contributed by atoms with E-state index in [4.69, 9.17) is 39.5 Å². The third-order valence-electron chi connectivity index (χ3n) is 2.82. The van der Waals surface area contributed by atoms with E-state index in [1.54, 1.807) is 0 Å². The van der Waals surface area contributed by atoms with Crippen molar-refractivity contribution < 1.29 is 19.1 Å². The lowest BCUT2D eigenvalue weighted by molar-refractivity contribution is -0.130. The number of hydrogen-bond donors (Lipinski definition) is 0. The number of ether oxygens (including phenoxy) is 1. The van der Waals surface area contributed by atoms with Crippen molar-refractivity contribution in [3.05, 3.63) is 0 Å². The zero-order valence-electron chi connectivity index (χ0n) is 8.83. The van der Waals surface area contributed by atoms with Gasteiger partial charge in [-0.15, -0.1) is 0 Å². The van der Waals surface area contributed by atoms with E-state index in [1.807, 2.05) is 0 Å². The standard InChI is InChI=1S/C10H11Cl3O4/c11-8(14)4-17-5-1-2-6(9(12)15)7(3-5)10(13)16/h5-7H,1-4H2. The predicted molar refractivity (Wildman–Crippen MR) is 63.2 cm³/mol. The molecule has 0 spiro atoms. The highest BCUT2D eigenvalue weighted by atomic mass is 35.5. The molecule has 0 saturated heterocycles. The molecule has 96 valence electrons. The molecular weight excluding hydrogens is 290 g/mol. The Balaban J connectivity index is 2.59. The monoisotopic (exact) mass is 300 g/mol. The highest BCUT2D eigenvalue weighted by Crippen LogP contribution is 2.34. The van der Waals surface area contributed by atoms with Crippen molar-refractivity contribution in [3.63, 3.8) is 0 Å². The fraction of sp³-hybridized carbons (Fsp3) is 0.700. The molecule has 1 aliphatic rings. The summed E-state index contributed by atoms with van der Waals surface area (Å²) in [6.07, 6.45) is 0.966. The largest absolute Gasteiger partial charge is 0.369 e. The minimum atomic E-state index is -0.647. The Morgan fingerprint density at radius 3 is 2.06 bits per heavy atom. The maximum Gasteiger partial charge on any atom is 0.247 e. The Hall–Kier alpha value is -0.160. The second kappa shape index (κ2) is 6.69. The highest BCUT2D eigenvalue weighted by molar-refractivity contribution is 6.66. The number of carbonyl (C=O) groups is 3. The normalized spacial score (nSPS) is 28.8. The summed E-state index contributed by atoms with van der Waals surface area (Å²) in [5.74, 6) is -1.21. The zero-order chi connectivity index (χ0) is 13.0. The molecule has 0 aromatic carbocycles. The molecule has 17 heavy (non-hydrogen) atoms. The lowest BCUT2D eigenvalue weighted by Gasteiger charge is -2.31. The molecule has 1 saturated carbocycles. The fourth-order valence-electron chi connectivity index (χ4n) is 1.99. The van der Waals surface area contributed by atoms with Crippen molar-refractivity contribution in [2.24, 2.45) is 11.8 Å². The molecule has 7 heteroatoms. The first-order valence-corrected chi connectivity index (χ1v) is 6.23. The Morgan fingerprint density at radius 2 is 1.59 bits per heavy atom. The summed E-state index contributed by atoms with van der Waals surface area (Å²) in [7, 11) is 0. The first-order valence-electron chi connectivity index (χ1n) is 5.10. The van der Waals surface area contributed by atoms with Gasteiger partial charge in [0, 0.05) is 11.8 Å². The molecule has 0 aromatic heterocycles. The smallest absolute Gasteiger partial charge is 0.247 e. The molecule has 0 bridgehead atoms. The number of hydrogen-bond acceptors (Lipinski definition) is 4. The van der Waals surface area contributed by atoms with E-state index in [-0.39, 0.29) is 19.1 Å². The Kier molecular flexibility index (Phi) is 5.86. The van der Waals surface area contributed by atoms with Crippen LogP contribution in [0.4, 0.5) is 0 Å². The van der Waals surface area contributed by atoms with Crippen LogP contribution in [0.3, 0.4) is 0 Å². The van der Waals surface area contributed by atoms with Gasteiger partial charge < -0.3 is 4.74 Å². The quantitative estimate of drug-likeness (QED) is 0.730. The van der Waals surface area contributed by atoms with E-state index in [9.17, 15) is 14.4 Å². The summed E-state index contributed by atoms with van der Waals surface area (Å²) < 4.78 is 5.21. The van der Waals surface area contributed by atoms with Crippen LogP contribution in [0.1, 0.15) is 19.3 Å². The van der Waals surface area contributed by atoms with E-state index >= 15 is 0 Å². The van der Waals surface area contributed by atoms with Gasteiger partial charge in [-0.1, -0.05) is 0 Å². The second-order valence-electron chi connectivity index (χ2n) is 3.92. The molecular formula is C10H11Cl3O4. The first-order chi connectivity index (χ1) is 7.91. The van der Waals surface area contributed by atoms with Gasteiger partial charge in [-0.25, -0.2) is 0 Å². The topological polar surface area (TPSA) is 60.4 Å². The molecule has 0 heterocycles. The van der Waals surface area contributed by atoms with Crippen LogP contribution >= 0.6 is 34.8 Å². The average Bonchev–Trinajstić information content (AvgIpc) is 2.25. The molecule has 1 rings (SSSR count). The second-order valence-corrected chi connectivity index (χ2v) is 5.09. The summed E-state index contributed by atoms with van der Waals surface area (Å²) >= 11 is 16.0. The van der Waals surface area contributed by atoms with Crippen molar-refractivity contribution in [1.29, 1.82) is 0 Å². The van der Waals surface area contributed by atoms with Crippen molar-refractivity contribution in [3.8, 4) is 0 Å². The molecule has 0 aromatic rings. The third-order valence-corrected chi connectivity index (χ3v) is 3.49. The van der Waals surface area contributed by atoms with Crippen molar-refractivity contribution in [1.82, 2.24) is 0 Å².